The fourth-order valence-corrected chi connectivity index (χ4v) is 2.46. The van der Waals surface area contributed by atoms with Gasteiger partial charge in [0, 0.05) is 18.1 Å². The van der Waals surface area contributed by atoms with E-state index >= 15 is 0 Å². The quantitative estimate of drug-likeness (QED) is 0.805. The molecule has 0 aliphatic heterocycles. The van der Waals surface area contributed by atoms with Crippen molar-refractivity contribution in [3.8, 4) is 11.5 Å². The van der Waals surface area contributed by atoms with Crippen molar-refractivity contribution < 1.29 is 9.47 Å². The van der Waals surface area contributed by atoms with Crippen LogP contribution in [0, 0.1) is 0 Å². The average molecular weight is 306 g/mol. The van der Waals surface area contributed by atoms with Crippen LogP contribution in [0.3, 0.4) is 0 Å². The van der Waals surface area contributed by atoms with Crippen LogP contribution >= 0.6 is 11.6 Å². The molecule has 0 aliphatic carbocycles. The zero-order valence-electron chi connectivity index (χ0n) is 12.6. The Kier molecular flexibility index (Phi) is 5.48. The number of rotatable bonds is 6. The Morgan fingerprint density at radius 2 is 1.67 bits per heavy atom. The number of halogens is 1. The summed E-state index contributed by atoms with van der Waals surface area (Å²) in [5.74, 6) is 1.50. The van der Waals surface area contributed by atoms with E-state index in [1.807, 2.05) is 42.5 Å². The van der Waals surface area contributed by atoms with Gasteiger partial charge in [0.05, 0.1) is 14.2 Å². The van der Waals surface area contributed by atoms with Crippen molar-refractivity contribution in [1.82, 2.24) is 4.90 Å². The fraction of sp³-hybridized carbons (Fsp3) is 0.294. The summed E-state index contributed by atoms with van der Waals surface area (Å²) in [5.41, 5.74) is 2.30. The van der Waals surface area contributed by atoms with Crippen molar-refractivity contribution in [2.45, 2.75) is 13.1 Å². The number of benzene rings is 2. The van der Waals surface area contributed by atoms with E-state index in [0.29, 0.717) is 0 Å². The molecule has 0 bridgehead atoms. The molecule has 0 saturated carbocycles. The molecule has 4 heteroatoms. The molecule has 0 N–H and O–H groups in total. The minimum absolute atomic E-state index is 0.745. The normalized spacial score (nSPS) is 10.7. The van der Waals surface area contributed by atoms with Gasteiger partial charge in [-0.05, 0) is 36.4 Å². The molecule has 0 fully saturated rings. The average Bonchev–Trinajstić information content (AvgIpc) is 2.49. The maximum atomic E-state index is 6.20. The second-order valence-corrected chi connectivity index (χ2v) is 5.36. The summed E-state index contributed by atoms with van der Waals surface area (Å²) in [4.78, 5) is 2.21. The third kappa shape index (κ3) is 4.13. The van der Waals surface area contributed by atoms with Crippen molar-refractivity contribution in [3.05, 3.63) is 58.6 Å². The molecule has 0 spiro atoms. The van der Waals surface area contributed by atoms with Crippen molar-refractivity contribution >= 4 is 11.6 Å². The summed E-state index contributed by atoms with van der Waals surface area (Å²) in [6, 6.07) is 13.9. The molecule has 0 aliphatic rings. The lowest BCUT2D eigenvalue weighted by molar-refractivity contribution is 0.316. The van der Waals surface area contributed by atoms with Crippen molar-refractivity contribution in [2.75, 3.05) is 21.3 Å². The first-order valence-corrected chi connectivity index (χ1v) is 7.14. The predicted octanol–water partition coefficient (Wildman–Crippen LogP) is 3.99. The van der Waals surface area contributed by atoms with Gasteiger partial charge < -0.3 is 9.47 Å². The zero-order valence-corrected chi connectivity index (χ0v) is 13.4. The van der Waals surface area contributed by atoms with E-state index in [-0.39, 0.29) is 0 Å². The molecule has 21 heavy (non-hydrogen) atoms. The van der Waals surface area contributed by atoms with Crippen LogP contribution in [0.15, 0.2) is 42.5 Å². The first-order chi connectivity index (χ1) is 10.1. The van der Waals surface area contributed by atoms with Crippen LogP contribution in [0.5, 0.6) is 11.5 Å². The van der Waals surface area contributed by atoms with Gasteiger partial charge in [0.2, 0.25) is 0 Å². The highest BCUT2D eigenvalue weighted by atomic mass is 35.5. The van der Waals surface area contributed by atoms with E-state index in [0.717, 1.165) is 35.2 Å². The second-order valence-electron chi connectivity index (χ2n) is 4.95. The molecule has 0 atom stereocenters. The van der Waals surface area contributed by atoms with Gasteiger partial charge >= 0.3 is 0 Å². The van der Waals surface area contributed by atoms with Crippen LogP contribution in [0.1, 0.15) is 11.1 Å². The van der Waals surface area contributed by atoms with Gasteiger partial charge in [-0.2, -0.15) is 0 Å². The molecule has 112 valence electrons. The summed E-state index contributed by atoms with van der Waals surface area (Å²) >= 11 is 6.20. The zero-order chi connectivity index (χ0) is 15.2. The Balaban J connectivity index is 2.06. The Morgan fingerprint density at radius 1 is 0.952 bits per heavy atom. The first kappa shape index (κ1) is 15.7. The molecule has 2 rings (SSSR count). The Bertz CT molecular complexity index is 601. The Morgan fingerprint density at radius 3 is 2.33 bits per heavy atom. The number of ether oxygens (including phenoxy) is 2. The van der Waals surface area contributed by atoms with E-state index in [9.17, 15) is 0 Å². The third-order valence-electron chi connectivity index (χ3n) is 3.30. The summed E-state index contributed by atoms with van der Waals surface area (Å²) in [7, 11) is 5.36. The van der Waals surface area contributed by atoms with Crippen LogP contribution < -0.4 is 9.47 Å². The van der Waals surface area contributed by atoms with Crippen molar-refractivity contribution in [1.29, 1.82) is 0 Å². The van der Waals surface area contributed by atoms with Crippen LogP contribution in [-0.2, 0) is 13.1 Å². The van der Waals surface area contributed by atoms with E-state index in [2.05, 4.69) is 11.9 Å². The SMILES string of the molecule is COc1ccc(CN(C)Cc2ccccc2Cl)cc1OC. The van der Waals surface area contributed by atoms with Crippen LogP contribution in [0.2, 0.25) is 5.02 Å². The minimum atomic E-state index is 0.745. The molecule has 0 aromatic heterocycles. The molecule has 0 saturated heterocycles. The lowest BCUT2D eigenvalue weighted by Gasteiger charge is -2.18. The van der Waals surface area contributed by atoms with Crippen LogP contribution in [0.4, 0.5) is 0 Å². The van der Waals surface area contributed by atoms with Gasteiger partial charge in [-0.1, -0.05) is 35.9 Å². The lowest BCUT2D eigenvalue weighted by atomic mass is 10.1. The van der Waals surface area contributed by atoms with Gasteiger partial charge in [0.15, 0.2) is 11.5 Å². The number of hydrogen-bond acceptors (Lipinski definition) is 3. The minimum Gasteiger partial charge on any atom is -0.493 e. The van der Waals surface area contributed by atoms with Gasteiger partial charge in [-0.25, -0.2) is 0 Å². The van der Waals surface area contributed by atoms with Crippen molar-refractivity contribution in [2.24, 2.45) is 0 Å². The van der Waals surface area contributed by atoms with Gasteiger partial charge in [-0.3, -0.25) is 4.90 Å². The molecule has 0 amide bonds. The van der Waals surface area contributed by atoms with Gasteiger partial charge in [0.25, 0.3) is 0 Å². The second kappa shape index (κ2) is 7.34. The summed E-state index contributed by atoms with van der Waals surface area (Å²) in [6.45, 7) is 1.61. The van der Waals surface area contributed by atoms with E-state index < -0.39 is 0 Å². The highest BCUT2D eigenvalue weighted by Crippen LogP contribution is 2.28. The number of hydrogen-bond donors (Lipinski definition) is 0. The van der Waals surface area contributed by atoms with Crippen molar-refractivity contribution in [3.63, 3.8) is 0 Å². The molecule has 2 aromatic rings. The highest BCUT2D eigenvalue weighted by Gasteiger charge is 2.08. The molecule has 0 heterocycles. The first-order valence-electron chi connectivity index (χ1n) is 6.77. The Labute approximate surface area is 131 Å². The molecular weight excluding hydrogens is 286 g/mol. The molecule has 2 aromatic carbocycles. The number of nitrogens with zero attached hydrogens (tertiary/aromatic N) is 1. The molecular formula is C17H20ClNO2. The summed E-state index contributed by atoms with van der Waals surface area (Å²) in [5, 5.41) is 0.802. The van der Waals surface area contributed by atoms with E-state index in [1.54, 1.807) is 14.2 Å². The van der Waals surface area contributed by atoms with Gasteiger partial charge in [0.1, 0.15) is 0 Å². The predicted molar refractivity (Wildman–Crippen MR) is 86.2 cm³/mol. The fourth-order valence-electron chi connectivity index (χ4n) is 2.26. The van der Waals surface area contributed by atoms with Gasteiger partial charge in [-0.15, -0.1) is 0 Å². The topological polar surface area (TPSA) is 21.7 Å². The van der Waals surface area contributed by atoms with E-state index in [4.69, 9.17) is 21.1 Å². The highest BCUT2D eigenvalue weighted by molar-refractivity contribution is 6.31. The molecule has 3 nitrogen and oxygen atoms in total. The maximum absolute atomic E-state index is 6.20. The monoisotopic (exact) mass is 305 g/mol. The maximum Gasteiger partial charge on any atom is 0.161 e. The Hall–Kier alpha value is -1.71. The van der Waals surface area contributed by atoms with E-state index in [1.165, 1.54) is 5.56 Å². The lowest BCUT2D eigenvalue weighted by Crippen LogP contribution is -2.17. The molecule has 0 radical (unpaired) electrons. The molecule has 0 unspecified atom stereocenters. The standard InChI is InChI=1S/C17H20ClNO2/c1-19(12-14-6-4-5-7-15(14)18)11-13-8-9-16(20-2)17(10-13)21-3/h4-10H,11-12H2,1-3H3. The third-order valence-corrected chi connectivity index (χ3v) is 3.67. The largest absolute Gasteiger partial charge is 0.493 e. The van der Waals surface area contributed by atoms with Crippen LogP contribution in [0.25, 0.3) is 0 Å². The smallest absolute Gasteiger partial charge is 0.161 e. The number of methoxy groups -OCH3 is 2. The van der Waals surface area contributed by atoms with Crippen LogP contribution in [-0.4, -0.2) is 26.2 Å². The summed E-state index contributed by atoms with van der Waals surface area (Å²) in [6.07, 6.45) is 0. The summed E-state index contributed by atoms with van der Waals surface area (Å²) < 4.78 is 10.6.